The number of anilines is 1. The molecule has 5 rings (SSSR count). The van der Waals surface area contributed by atoms with Gasteiger partial charge in [-0.05, 0) is 73.6 Å². The van der Waals surface area contributed by atoms with Crippen molar-refractivity contribution in [2.75, 3.05) is 24.6 Å². The molecule has 2 aromatic heterocycles. The molecule has 0 spiro atoms. The molecule has 2 aliphatic rings. The zero-order valence-corrected chi connectivity index (χ0v) is 18.6. The van der Waals surface area contributed by atoms with Gasteiger partial charge in [-0.25, -0.2) is 4.98 Å². The van der Waals surface area contributed by atoms with Gasteiger partial charge in [-0.15, -0.1) is 11.3 Å². The fraction of sp³-hybridized carbons (Fsp3) is 0.320. The van der Waals surface area contributed by atoms with E-state index in [9.17, 15) is 9.59 Å². The van der Waals surface area contributed by atoms with E-state index in [4.69, 9.17) is 4.74 Å². The maximum absolute atomic E-state index is 13.1. The number of piperidine rings is 1. The molecule has 0 atom stereocenters. The van der Waals surface area contributed by atoms with Gasteiger partial charge in [0.05, 0.1) is 21.4 Å². The lowest BCUT2D eigenvalue weighted by atomic mass is 10.0. The van der Waals surface area contributed by atoms with Crippen molar-refractivity contribution in [2.45, 2.75) is 32.1 Å². The van der Waals surface area contributed by atoms with E-state index < -0.39 is 0 Å². The standard InChI is InChI=1S/C25H25N3O3S/c29-20(19-7-4-10-26-24(19)28-11-2-1-3-12-28)16-23-27-25(30)22(32-23)15-17-8-9-21-18(14-17)6-5-13-31-21/h4,7-10,14-16H,1-3,5-6,11-13H2,(H,27,30)/b22-15-,23-16+. The van der Waals surface area contributed by atoms with Crippen LogP contribution in [0.4, 0.5) is 5.82 Å². The highest BCUT2D eigenvalue weighted by Gasteiger charge is 2.18. The number of thiazole rings is 1. The van der Waals surface area contributed by atoms with Crippen molar-refractivity contribution in [1.29, 1.82) is 0 Å². The Morgan fingerprint density at radius 2 is 2.03 bits per heavy atom. The van der Waals surface area contributed by atoms with Crippen LogP contribution in [0.2, 0.25) is 0 Å². The first kappa shape index (κ1) is 20.7. The number of aromatic amines is 1. The third kappa shape index (κ3) is 4.39. The van der Waals surface area contributed by atoms with Gasteiger partial charge >= 0.3 is 0 Å². The summed E-state index contributed by atoms with van der Waals surface area (Å²) in [6, 6.07) is 9.58. The van der Waals surface area contributed by atoms with E-state index in [1.54, 1.807) is 12.3 Å². The molecule has 0 radical (unpaired) electrons. The van der Waals surface area contributed by atoms with Gasteiger partial charge in [-0.2, -0.15) is 0 Å². The molecule has 0 amide bonds. The maximum Gasteiger partial charge on any atom is 0.266 e. The molecule has 0 aliphatic carbocycles. The minimum absolute atomic E-state index is 0.145. The topological polar surface area (TPSA) is 75.3 Å². The Kier molecular flexibility index (Phi) is 5.90. The normalized spacial score (nSPS) is 17.2. The molecular formula is C25H25N3O3S. The number of carbonyl (C=O) groups excluding carboxylic acids is 1. The molecule has 32 heavy (non-hydrogen) atoms. The summed E-state index contributed by atoms with van der Waals surface area (Å²) in [4.78, 5) is 35.1. The summed E-state index contributed by atoms with van der Waals surface area (Å²) in [6.45, 7) is 2.58. The molecule has 3 aromatic rings. The van der Waals surface area contributed by atoms with Gasteiger partial charge in [0.1, 0.15) is 11.6 Å². The predicted octanol–water partition coefficient (Wildman–Crippen LogP) is 2.64. The summed E-state index contributed by atoms with van der Waals surface area (Å²) >= 11 is 1.29. The molecule has 7 heteroatoms. The second-order valence-corrected chi connectivity index (χ2v) is 9.26. The number of nitrogens with one attached hydrogen (secondary N) is 1. The minimum atomic E-state index is -0.189. The molecule has 6 nitrogen and oxygen atoms in total. The molecule has 0 unspecified atom stereocenters. The number of H-pyrrole nitrogens is 1. The van der Waals surface area contributed by atoms with E-state index in [1.165, 1.54) is 29.4 Å². The summed E-state index contributed by atoms with van der Waals surface area (Å²) in [6.07, 6.45) is 10.5. The van der Waals surface area contributed by atoms with Crippen molar-refractivity contribution in [3.63, 3.8) is 0 Å². The Bertz CT molecular complexity index is 1320. The SMILES string of the molecule is O=C(/C=c1\[nH]c(=O)/c(=C/c2ccc3c(c2)CCCO3)s1)c1cccnc1N1CCCCC1. The molecular weight excluding hydrogens is 422 g/mol. The van der Waals surface area contributed by atoms with Crippen LogP contribution in [-0.2, 0) is 6.42 Å². The number of ketones is 1. The van der Waals surface area contributed by atoms with Crippen molar-refractivity contribution >= 4 is 35.1 Å². The van der Waals surface area contributed by atoms with Crippen LogP contribution in [-0.4, -0.2) is 35.4 Å². The van der Waals surface area contributed by atoms with Gasteiger partial charge in [0.25, 0.3) is 5.56 Å². The first-order valence-corrected chi connectivity index (χ1v) is 11.9. The number of hydrogen-bond donors (Lipinski definition) is 1. The number of Topliss-reactive ketones (excluding diaryl/α,β-unsaturated/α-hetero) is 1. The first-order valence-electron chi connectivity index (χ1n) is 11.1. The Morgan fingerprint density at radius 3 is 2.91 bits per heavy atom. The van der Waals surface area contributed by atoms with E-state index in [1.807, 2.05) is 24.3 Å². The third-order valence-electron chi connectivity index (χ3n) is 5.88. The molecule has 1 fully saturated rings. The molecule has 0 saturated carbocycles. The second-order valence-electron chi connectivity index (χ2n) is 8.18. The molecule has 0 bridgehead atoms. The lowest BCUT2D eigenvalue weighted by Gasteiger charge is -2.28. The molecule has 4 heterocycles. The van der Waals surface area contributed by atoms with Crippen molar-refractivity contribution < 1.29 is 9.53 Å². The fourth-order valence-electron chi connectivity index (χ4n) is 4.29. The number of aryl methyl sites for hydroxylation is 1. The fourth-order valence-corrected chi connectivity index (χ4v) is 5.18. The third-order valence-corrected chi connectivity index (χ3v) is 6.84. The largest absolute Gasteiger partial charge is 0.493 e. The van der Waals surface area contributed by atoms with Crippen molar-refractivity contribution in [3.05, 3.63) is 72.8 Å². The van der Waals surface area contributed by atoms with Crippen LogP contribution in [0.15, 0.2) is 41.3 Å². The summed E-state index contributed by atoms with van der Waals surface area (Å²) in [5, 5.41) is 0. The first-order chi connectivity index (χ1) is 15.7. The number of fused-ring (bicyclic) bond motifs is 1. The highest BCUT2D eigenvalue weighted by atomic mass is 32.1. The van der Waals surface area contributed by atoms with Gasteiger partial charge < -0.3 is 14.6 Å². The number of nitrogens with zero attached hydrogens (tertiary/aromatic N) is 2. The lowest BCUT2D eigenvalue weighted by molar-refractivity contribution is 0.106. The van der Waals surface area contributed by atoms with Gasteiger partial charge in [-0.1, -0.05) is 6.07 Å². The summed E-state index contributed by atoms with van der Waals surface area (Å²) in [5.74, 6) is 1.51. The molecule has 1 N–H and O–H groups in total. The van der Waals surface area contributed by atoms with Crippen LogP contribution >= 0.6 is 11.3 Å². The summed E-state index contributed by atoms with van der Waals surface area (Å²) < 4.78 is 6.78. The lowest BCUT2D eigenvalue weighted by Crippen LogP contribution is -2.31. The van der Waals surface area contributed by atoms with Gasteiger partial charge in [0.15, 0.2) is 5.78 Å². The Hall–Kier alpha value is -3.19. The van der Waals surface area contributed by atoms with Crippen molar-refractivity contribution in [2.24, 2.45) is 0 Å². The van der Waals surface area contributed by atoms with Gasteiger partial charge in [-0.3, -0.25) is 9.59 Å². The summed E-state index contributed by atoms with van der Waals surface area (Å²) in [7, 11) is 0. The zero-order valence-electron chi connectivity index (χ0n) is 17.8. The van der Waals surface area contributed by atoms with E-state index in [0.29, 0.717) is 14.8 Å². The number of pyridine rings is 1. The van der Waals surface area contributed by atoms with Crippen LogP contribution in [0.25, 0.3) is 12.2 Å². The van der Waals surface area contributed by atoms with Crippen LogP contribution in [0.1, 0.15) is 47.2 Å². The van der Waals surface area contributed by atoms with E-state index in [-0.39, 0.29) is 11.3 Å². The zero-order chi connectivity index (χ0) is 21.9. The average molecular weight is 448 g/mol. The number of benzene rings is 1. The molecule has 164 valence electrons. The summed E-state index contributed by atoms with van der Waals surface area (Å²) in [5.41, 5.74) is 2.51. The van der Waals surface area contributed by atoms with Crippen molar-refractivity contribution in [1.82, 2.24) is 9.97 Å². The van der Waals surface area contributed by atoms with E-state index in [2.05, 4.69) is 20.9 Å². The van der Waals surface area contributed by atoms with E-state index >= 15 is 0 Å². The maximum atomic E-state index is 13.1. The average Bonchev–Trinajstić information content (AvgIpc) is 3.17. The predicted molar refractivity (Wildman–Crippen MR) is 127 cm³/mol. The molecule has 1 saturated heterocycles. The van der Waals surface area contributed by atoms with Crippen LogP contribution in [0.3, 0.4) is 0 Å². The molecule has 1 aromatic carbocycles. The van der Waals surface area contributed by atoms with Gasteiger partial charge in [0, 0.05) is 25.4 Å². The number of carbonyl (C=O) groups is 1. The van der Waals surface area contributed by atoms with Crippen LogP contribution in [0, 0.1) is 0 Å². The Labute approximate surface area is 189 Å². The highest BCUT2D eigenvalue weighted by Crippen LogP contribution is 2.26. The number of hydrogen-bond acceptors (Lipinski definition) is 6. The quantitative estimate of drug-likeness (QED) is 0.623. The van der Waals surface area contributed by atoms with Crippen molar-refractivity contribution in [3.8, 4) is 5.75 Å². The Morgan fingerprint density at radius 1 is 1.16 bits per heavy atom. The number of rotatable bonds is 4. The van der Waals surface area contributed by atoms with E-state index in [0.717, 1.165) is 62.5 Å². The van der Waals surface area contributed by atoms with Crippen LogP contribution in [0.5, 0.6) is 5.75 Å². The molecule has 2 aliphatic heterocycles. The smallest absolute Gasteiger partial charge is 0.266 e. The number of aromatic nitrogens is 2. The van der Waals surface area contributed by atoms with Crippen LogP contribution < -0.4 is 24.4 Å². The monoisotopic (exact) mass is 447 g/mol. The number of ether oxygens (including phenoxy) is 1. The second kappa shape index (κ2) is 9.12. The minimum Gasteiger partial charge on any atom is -0.493 e. The van der Waals surface area contributed by atoms with Gasteiger partial charge in [0.2, 0.25) is 0 Å². The highest BCUT2D eigenvalue weighted by molar-refractivity contribution is 7.07. The Balaban J connectivity index is 1.45.